The van der Waals surface area contributed by atoms with Crippen molar-refractivity contribution in [1.82, 2.24) is 5.32 Å². The van der Waals surface area contributed by atoms with Crippen molar-refractivity contribution >= 4 is 11.9 Å². The van der Waals surface area contributed by atoms with Gasteiger partial charge in [-0.05, 0) is 32.9 Å². The molecule has 0 aromatic heterocycles. The molecule has 1 N–H and O–H groups in total. The van der Waals surface area contributed by atoms with E-state index in [1.54, 1.807) is 20.8 Å². The zero-order chi connectivity index (χ0) is 14.6. The Morgan fingerprint density at radius 1 is 1.26 bits per heavy atom. The van der Waals surface area contributed by atoms with Crippen LogP contribution in [0.15, 0.2) is 18.2 Å². The predicted octanol–water partition coefficient (Wildman–Crippen LogP) is 2.04. The lowest BCUT2D eigenvalue weighted by Crippen LogP contribution is -2.42. The van der Waals surface area contributed by atoms with E-state index in [-0.39, 0.29) is 0 Å². The van der Waals surface area contributed by atoms with E-state index in [9.17, 15) is 18.4 Å². The second-order valence-corrected chi connectivity index (χ2v) is 5.00. The van der Waals surface area contributed by atoms with Gasteiger partial charge in [-0.2, -0.15) is 0 Å². The molecule has 0 saturated heterocycles. The number of esters is 1. The minimum Gasteiger partial charge on any atom is -0.452 e. The van der Waals surface area contributed by atoms with Crippen LogP contribution >= 0.6 is 0 Å². The van der Waals surface area contributed by atoms with E-state index in [0.29, 0.717) is 6.07 Å². The van der Waals surface area contributed by atoms with Gasteiger partial charge in [-0.15, -0.1) is 0 Å². The van der Waals surface area contributed by atoms with Crippen LogP contribution in [0.25, 0.3) is 0 Å². The summed E-state index contributed by atoms with van der Waals surface area (Å²) in [6, 6.07) is 2.48. The standard InChI is InChI=1S/C13H15F2NO3/c1-13(2,3)16-11(17)7-19-12(18)9-5-4-8(14)6-10(9)15/h4-6H,7H2,1-3H3,(H,16,17). The van der Waals surface area contributed by atoms with Crippen molar-refractivity contribution in [3.05, 3.63) is 35.4 Å². The lowest BCUT2D eigenvalue weighted by molar-refractivity contribution is -0.125. The highest BCUT2D eigenvalue weighted by Gasteiger charge is 2.18. The van der Waals surface area contributed by atoms with E-state index in [0.717, 1.165) is 12.1 Å². The summed E-state index contributed by atoms with van der Waals surface area (Å²) in [5, 5.41) is 2.58. The molecule has 19 heavy (non-hydrogen) atoms. The van der Waals surface area contributed by atoms with E-state index in [1.807, 2.05) is 0 Å². The SMILES string of the molecule is CC(C)(C)NC(=O)COC(=O)c1ccc(F)cc1F. The zero-order valence-electron chi connectivity index (χ0n) is 10.9. The van der Waals surface area contributed by atoms with Crippen molar-refractivity contribution in [3.8, 4) is 0 Å². The van der Waals surface area contributed by atoms with Crippen molar-refractivity contribution in [1.29, 1.82) is 0 Å². The molecule has 0 radical (unpaired) electrons. The van der Waals surface area contributed by atoms with Gasteiger partial charge in [0, 0.05) is 11.6 Å². The van der Waals surface area contributed by atoms with Crippen LogP contribution in [0.2, 0.25) is 0 Å². The van der Waals surface area contributed by atoms with Crippen LogP contribution in [-0.2, 0) is 9.53 Å². The highest BCUT2D eigenvalue weighted by atomic mass is 19.1. The maximum atomic E-state index is 13.3. The topological polar surface area (TPSA) is 55.4 Å². The fourth-order valence-corrected chi connectivity index (χ4v) is 1.32. The Balaban J connectivity index is 2.59. The molecule has 6 heteroatoms. The second-order valence-electron chi connectivity index (χ2n) is 5.00. The number of hydrogen-bond acceptors (Lipinski definition) is 3. The van der Waals surface area contributed by atoms with Gasteiger partial charge in [0.2, 0.25) is 0 Å². The minimum absolute atomic E-state index is 0.412. The minimum atomic E-state index is -1.03. The Morgan fingerprint density at radius 3 is 2.42 bits per heavy atom. The number of rotatable bonds is 3. The summed E-state index contributed by atoms with van der Waals surface area (Å²) in [5.41, 5.74) is -0.866. The molecule has 0 spiro atoms. The molecule has 0 atom stereocenters. The Bertz CT molecular complexity index is 495. The van der Waals surface area contributed by atoms with Crippen LogP contribution in [0.1, 0.15) is 31.1 Å². The van der Waals surface area contributed by atoms with Gasteiger partial charge in [0.25, 0.3) is 5.91 Å². The van der Waals surface area contributed by atoms with Gasteiger partial charge in [0.05, 0.1) is 5.56 Å². The number of carbonyl (C=O) groups excluding carboxylic acids is 2. The fraction of sp³-hybridized carbons (Fsp3) is 0.385. The van der Waals surface area contributed by atoms with Gasteiger partial charge in [-0.1, -0.05) is 0 Å². The molecule has 0 fully saturated rings. The molecule has 0 aliphatic rings. The Labute approximate surface area is 109 Å². The van der Waals surface area contributed by atoms with E-state index >= 15 is 0 Å². The lowest BCUT2D eigenvalue weighted by atomic mass is 10.1. The summed E-state index contributed by atoms with van der Waals surface area (Å²) in [5.74, 6) is -3.33. The molecule has 1 aromatic rings. The summed E-state index contributed by atoms with van der Waals surface area (Å²) in [4.78, 5) is 22.9. The summed E-state index contributed by atoms with van der Waals surface area (Å²) in [6.45, 7) is 4.79. The first-order chi connectivity index (χ1) is 8.69. The van der Waals surface area contributed by atoms with Crippen LogP contribution < -0.4 is 5.32 Å². The summed E-state index contributed by atoms with van der Waals surface area (Å²) in [6.07, 6.45) is 0. The summed E-state index contributed by atoms with van der Waals surface area (Å²) >= 11 is 0. The number of nitrogens with one attached hydrogen (secondary N) is 1. The first-order valence-electron chi connectivity index (χ1n) is 5.62. The Hall–Kier alpha value is -1.98. The normalized spacial score (nSPS) is 11.0. The molecule has 104 valence electrons. The predicted molar refractivity (Wildman–Crippen MR) is 64.5 cm³/mol. The Morgan fingerprint density at radius 2 is 1.89 bits per heavy atom. The van der Waals surface area contributed by atoms with Crippen LogP contribution in [-0.4, -0.2) is 24.0 Å². The van der Waals surface area contributed by atoms with Crippen LogP contribution in [0, 0.1) is 11.6 Å². The molecule has 1 rings (SSSR count). The summed E-state index contributed by atoms with van der Waals surface area (Å²) in [7, 11) is 0. The van der Waals surface area contributed by atoms with Crippen LogP contribution in [0.3, 0.4) is 0 Å². The Kier molecular flexibility index (Phi) is 4.58. The third-order valence-corrected chi connectivity index (χ3v) is 2.00. The molecule has 0 heterocycles. The maximum Gasteiger partial charge on any atom is 0.341 e. The monoisotopic (exact) mass is 271 g/mol. The number of hydrogen-bond donors (Lipinski definition) is 1. The third kappa shape index (κ3) is 5.03. The number of ether oxygens (including phenoxy) is 1. The van der Waals surface area contributed by atoms with Gasteiger partial charge < -0.3 is 10.1 Å². The number of halogens is 2. The molecular formula is C13H15F2NO3. The molecule has 0 unspecified atom stereocenters. The molecule has 4 nitrogen and oxygen atoms in total. The van der Waals surface area contributed by atoms with Crippen molar-refractivity contribution < 1.29 is 23.1 Å². The maximum absolute atomic E-state index is 13.3. The van der Waals surface area contributed by atoms with Crippen LogP contribution in [0.4, 0.5) is 8.78 Å². The van der Waals surface area contributed by atoms with E-state index < -0.39 is 41.2 Å². The van der Waals surface area contributed by atoms with E-state index in [4.69, 9.17) is 0 Å². The molecule has 1 amide bonds. The summed E-state index contributed by atoms with van der Waals surface area (Å²) < 4.78 is 30.6. The lowest BCUT2D eigenvalue weighted by Gasteiger charge is -2.20. The molecule has 0 bridgehead atoms. The van der Waals surface area contributed by atoms with Crippen molar-refractivity contribution in [2.24, 2.45) is 0 Å². The third-order valence-electron chi connectivity index (χ3n) is 2.00. The number of amides is 1. The number of benzene rings is 1. The van der Waals surface area contributed by atoms with Gasteiger partial charge in [0.15, 0.2) is 6.61 Å². The molecule has 0 saturated carbocycles. The van der Waals surface area contributed by atoms with E-state index in [2.05, 4.69) is 10.1 Å². The van der Waals surface area contributed by atoms with Gasteiger partial charge in [0.1, 0.15) is 11.6 Å². The van der Waals surface area contributed by atoms with Crippen molar-refractivity contribution in [2.45, 2.75) is 26.3 Å². The number of carbonyl (C=O) groups is 2. The molecule has 1 aromatic carbocycles. The first kappa shape index (κ1) is 15.1. The van der Waals surface area contributed by atoms with Gasteiger partial charge in [-0.25, -0.2) is 13.6 Å². The molecular weight excluding hydrogens is 256 g/mol. The largest absolute Gasteiger partial charge is 0.452 e. The van der Waals surface area contributed by atoms with E-state index in [1.165, 1.54) is 0 Å². The highest BCUT2D eigenvalue weighted by molar-refractivity contribution is 5.91. The first-order valence-corrected chi connectivity index (χ1v) is 5.62. The highest BCUT2D eigenvalue weighted by Crippen LogP contribution is 2.10. The van der Waals surface area contributed by atoms with Gasteiger partial charge >= 0.3 is 5.97 Å². The van der Waals surface area contributed by atoms with Crippen LogP contribution in [0.5, 0.6) is 0 Å². The fourth-order valence-electron chi connectivity index (χ4n) is 1.32. The quantitative estimate of drug-likeness (QED) is 0.856. The average Bonchev–Trinajstić information content (AvgIpc) is 2.23. The molecule has 0 aliphatic heterocycles. The zero-order valence-corrected chi connectivity index (χ0v) is 10.9. The smallest absolute Gasteiger partial charge is 0.341 e. The second kappa shape index (κ2) is 5.77. The molecule has 0 aliphatic carbocycles. The van der Waals surface area contributed by atoms with Gasteiger partial charge in [-0.3, -0.25) is 4.79 Å². The van der Waals surface area contributed by atoms with Crippen molar-refractivity contribution in [3.63, 3.8) is 0 Å². The average molecular weight is 271 g/mol. The van der Waals surface area contributed by atoms with Crippen molar-refractivity contribution in [2.75, 3.05) is 6.61 Å².